The summed E-state index contributed by atoms with van der Waals surface area (Å²) >= 11 is 0. The minimum atomic E-state index is -4.94. The van der Waals surface area contributed by atoms with E-state index in [4.69, 9.17) is 18.1 Å². The molecule has 0 spiro atoms. The fraction of sp³-hybridized carbons (Fsp3) is 0.586. The Balaban J connectivity index is 0.000000533. The molecule has 4 rings (SSSR count). The van der Waals surface area contributed by atoms with E-state index in [2.05, 4.69) is 0 Å². The SMILES string of the molecule is CC(C)(C)c1cc(Cc2cc(C(C)(C)C)cc(C(C)(C)C)c2OP(=O)(O)O)c(OP(=O)(O)O)c(C(C)(C)C)c1.CC(C)(C)c1cc(Cc2cc(C(C)(C)C)cc(C(C)(C)C)c2OP(=O)(O)O)c(OP(=O)(O)O)c(C(C)(C)C)c1.[Al]. The van der Waals surface area contributed by atoms with Crippen molar-refractivity contribution in [3.63, 3.8) is 0 Å². The summed E-state index contributed by atoms with van der Waals surface area (Å²) in [5.74, 6) is 0.239. The van der Waals surface area contributed by atoms with Crippen molar-refractivity contribution in [1.82, 2.24) is 0 Å². The van der Waals surface area contributed by atoms with Crippen LogP contribution in [-0.2, 0) is 74.4 Å². The highest BCUT2D eigenvalue weighted by Crippen LogP contribution is 2.53. The van der Waals surface area contributed by atoms with Crippen molar-refractivity contribution >= 4 is 48.7 Å². The van der Waals surface area contributed by atoms with Crippen LogP contribution in [0.1, 0.15) is 233 Å². The van der Waals surface area contributed by atoms with Gasteiger partial charge in [0.1, 0.15) is 23.0 Å². The van der Waals surface area contributed by atoms with Crippen LogP contribution < -0.4 is 18.1 Å². The summed E-state index contributed by atoms with van der Waals surface area (Å²) in [6, 6.07) is 15.0. The first kappa shape index (κ1) is 72.3. The van der Waals surface area contributed by atoms with E-state index in [-0.39, 0.29) is 74.9 Å². The largest absolute Gasteiger partial charge is 0.524 e. The number of hydrogen-bond acceptors (Lipinski definition) is 8. The Kier molecular flexibility index (Phi) is 22.0. The average molecular weight is 1200 g/mol. The van der Waals surface area contributed by atoms with E-state index in [9.17, 15) is 57.4 Å². The van der Waals surface area contributed by atoms with Gasteiger partial charge in [0, 0.05) is 52.5 Å². The topological polar surface area (TPSA) is 267 Å². The summed E-state index contributed by atoms with van der Waals surface area (Å²) in [5.41, 5.74) is 4.80. The second kappa shape index (κ2) is 24.1. The van der Waals surface area contributed by atoms with Gasteiger partial charge in [-0.1, -0.05) is 215 Å². The average Bonchev–Trinajstić information content (AvgIpc) is 3.14. The van der Waals surface area contributed by atoms with E-state index in [0.717, 1.165) is 22.3 Å². The van der Waals surface area contributed by atoms with Gasteiger partial charge in [-0.2, -0.15) is 0 Å². The highest BCUT2D eigenvalue weighted by Gasteiger charge is 2.36. The van der Waals surface area contributed by atoms with Gasteiger partial charge in [0.25, 0.3) is 0 Å². The number of phosphoric ester groups is 4. The van der Waals surface area contributed by atoms with Crippen LogP contribution in [-0.4, -0.2) is 56.5 Å². The zero-order valence-electron chi connectivity index (χ0n) is 51.2. The summed E-state index contributed by atoms with van der Waals surface area (Å²) < 4.78 is 69.9. The molecule has 0 unspecified atom stereocenters. The van der Waals surface area contributed by atoms with Crippen LogP contribution in [0, 0.1) is 0 Å². The number of benzene rings is 4. The van der Waals surface area contributed by atoms with Crippen molar-refractivity contribution < 1.29 is 75.5 Å². The van der Waals surface area contributed by atoms with Gasteiger partial charge in [-0.25, -0.2) is 18.3 Å². The third kappa shape index (κ3) is 21.4. The molecule has 0 aromatic heterocycles. The minimum absolute atomic E-state index is 0. The Morgan fingerprint density at radius 2 is 0.418 bits per heavy atom. The van der Waals surface area contributed by atoms with E-state index in [1.807, 2.05) is 215 Å². The summed E-state index contributed by atoms with van der Waals surface area (Å²) in [5, 5.41) is 0. The first-order valence-corrected chi connectivity index (χ1v) is 32.0. The molecule has 0 fully saturated rings. The molecule has 4 aromatic rings. The molecule has 4 aromatic carbocycles. The fourth-order valence-electron chi connectivity index (χ4n) is 8.56. The highest BCUT2D eigenvalue weighted by atomic mass is 31.2. The molecule has 0 aliphatic heterocycles. The van der Waals surface area contributed by atoms with Gasteiger partial charge >= 0.3 is 31.3 Å². The van der Waals surface area contributed by atoms with Crippen LogP contribution in [0.15, 0.2) is 48.5 Å². The molecule has 21 heteroatoms. The van der Waals surface area contributed by atoms with Crippen molar-refractivity contribution in [3.8, 4) is 23.0 Å². The van der Waals surface area contributed by atoms with E-state index in [0.29, 0.717) is 44.5 Å². The normalized spacial score (nSPS) is 13.8. The smallest absolute Gasteiger partial charge is 0.404 e. The molecule has 8 N–H and O–H groups in total. The molecule has 0 aliphatic carbocycles. The van der Waals surface area contributed by atoms with Gasteiger partial charge in [-0.3, -0.25) is 39.1 Å². The van der Waals surface area contributed by atoms with Crippen molar-refractivity contribution in [2.75, 3.05) is 0 Å². The molecule has 16 nitrogen and oxygen atoms in total. The Bertz CT molecular complexity index is 2620. The highest BCUT2D eigenvalue weighted by molar-refractivity contribution is 7.47. The molecule has 443 valence electrons. The molecule has 0 aliphatic rings. The predicted octanol–water partition coefficient (Wildman–Crippen LogP) is 14.4. The molecular formula is C58H92AlO16P4. The van der Waals surface area contributed by atoms with Crippen molar-refractivity contribution in [2.45, 2.75) is 222 Å². The Morgan fingerprint density at radius 3 is 0.519 bits per heavy atom. The van der Waals surface area contributed by atoms with Gasteiger partial charge < -0.3 is 18.1 Å². The zero-order chi connectivity index (χ0) is 61.1. The maximum Gasteiger partial charge on any atom is 0.524 e. The van der Waals surface area contributed by atoms with Gasteiger partial charge in [0.15, 0.2) is 0 Å². The first-order valence-electron chi connectivity index (χ1n) is 25.9. The third-order valence-electron chi connectivity index (χ3n) is 13.0. The van der Waals surface area contributed by atoms with Gasteiger partial charge in [-0.15, -0.1) is 0 Å². The summed E-state index contributed by atoms with van der Waals surface area (Å²) in [6.07, 6.45) is 0.120. The van der Waals surface area contributed by atoms with Crippen molar-refractivity contribution in [1.29, 1.82) is 0 Å². The van der Waals surface area contributed by atoms with Crippen LogP contribution in [0.5, 0.6) is 23.0 Å². The molecule has 0 bridgehead atoms. The molecule has 0 amide bonds. The third-order valence-corrected chi connectivity index (χ3v) is 14.6. The van der Waals surface area contributed by atoms with Crippen molar-refractivity contribution in [3.05, 3.63) is 115 Å². The number of rotatable bonds is 12. The lowest BCUT2D eigenvalue weighted by molar-refractivity contribution is 0.276. The Hall–Kier alpha value is -2.79. The molecule has 79 heavy (non-hydrogen) atoms. The second-order valence-electron chi connectivity index (χ2n) is 28.7. The molecule has 0 atom stereocenters. The van der Waals surface area contributed by atoms with E-state index >= 15 is 0 Å². The standard InChI is InChI=1S/2C29H46O8P2.Al/c2*1-26(2,3)20-14-18(24(36-38(30,31)32)22(16-20)28(7,8)9)13-19-15-21(27(4,5)6)17-23(29(10,11)12)25(19)37-39(33,34)35;/h2*14-17H,13H2,1-12H3,(H2,30,31,32)(H2,33,34,35);. The lowest BCUT2D eigenvalue weighted by Gasteiger charge is -2.31. The molecule has 0 saturated carbocycles. The maximum atomic E-state index is 12.1. The van der Waals surface area contributed by atoms with E-state index < -0.39 is 53.0 Å². The minimum Gasteiger partial charge on any atom is -0.404 e. The second-order valence-corrected chi connectivity index (χ2v) is 33.4. The monoisotopic (exact) mass is 1200 g/mol. The summed E-state index contributed by atoms with van der Waals surface area (Å²) in [4.78, 5) is 78.8. The Morgan fingerprint density at radius 1 is 0.278 bits per heavy atom. The van der Waals surface area contributed by atoms with E-state index in [1.54, 1.807) is 0 Å². The first-order chi connectivity index (χ1) is 34.2. The molecular weight excluding hydrogens is 1100 g/mol. The van der Waals surface area contributed by atoms with Crippen LogP contribution in [0.3, 0.4) is 0 Å². The predicted molar refractivity (Wildman–Crippen MR) is 317 cm³/mol. The van der Waals surface area contributed by atoms with Crippen LogP contribution >= 0.6 is 31.3 Å². The van der Waals surface area contributed by atoms with Crippen molar-refractivity contribution in [2.24, 2.45) is 0 Å². The quantitative estimate of drug-likeness (QED) is 0.0484. The van der Waals surface area contributed by atoms with Gasteiger partial charge in [0.05, 0.1) is 0 Å². The Labute approximate surface area is 482 Å². The summed E-state index contributed by atoms with van der Waals surface area (Å²) in [6.45, 7) is 47.8. The number of phosphoric acid groups is 4. The van der Waals surface area contributed by atoms with Crippen LogP contribution in [0.25, 0.3) is 0 Å². The fourth-order valence-corrected chi connectivity index (χ4v) is 10.4. The van der Waals surface area contributed by atoms with Crippen LogP contribution in [0.2, 0.25) is 0 Å². The molecule has 3 radical (unpaired) electrons. The van der Waals surface area contributed by atoms with Gasteiger partial charge in [0.2, 0.25) is 0 Å². The lowest BCUT2D eigenvalue weighted by Crippen LogP contribution is -2.20. The zero-order valence-corrected chi connectivity index (χ0v) is 56.0. The lowest BCUT2D eigenvalue weighted by atomic mass is 9.76. The molecule has 0 heterocycles. The van der Waals surface area contributed by atoms with Crippen LogP contribution in [0.4, 0.5) is 0 Å². The molecule has 0 saturated heterocycles. The number of hydrogen-bond donors (Lipinski definition) is 8. The maximum absolute atomic E-state index is 12.1. The van der Waals surface area contributed by atoms with Gasteiger partial charge in [-0.05, 0) is 87.8 Å². The van der Waals surface area contributed by atoms with E-state index in [1.165, 1.54) is 0 Å². The summed E-state index contributed by atoms with van der Waals surface area (Å²) in [7, 11) is -19.8.